The maximum atomic E-state index is 13.8. The number of Topliss-reactive ketones (excluding diaryl/α,β-unsaturated/α-hetero) is 1. The van der Waals surface area contributed by atoms with Gasteiger partial charge in [0.05, 0.1) is 29.9 Å². The first-order chi connectivity index (χ1) is 20.5. The molecule has 222 valence electrons. The molecule has 1 aromatic heterocycles. The lowest BCUT2D eigenvalue weighted by Crippen LogP contribution is -2.42. The van der Waals surface area contributed by atoms with Crippen LogP contribution in [0.15, 0.2) is 69.5 Å². The van der Waals surface area contributed by atoms with Gasteiger partial charge in [-0.2, -0.15) is 5.26 Å². The molecule has 43 heavy (non-hydrogen) atoms. The highest BCUT2D eigenvalue weighted by Gasteiger charge is 2.45. The van der Waals surface area contributed by atoms with E-state index in [0.29, 0.717) is 40.2 Å². The molecule has 0 radical (unpaired) electrons. The molecule has 2 heterocycles. The van der Waals surface area contributed by atoms with Crippen molar-refractivity contribution in [2.45, 2.75) is 57.7 Å². The molecule has 5 rings (SSSR count). The third-order valence-electron chi connectivity index (χ3n) is 7.70. The lowest BCUT2D eigenvalue weighted by atomic mass is 9.68. The quantitative estimate of drug-likeness (QED) is 0.283. The lowest BCUT2D eigenvalue weighted by Gasteiger charge is -2.42. The highest BCUT2D eigenvalue weighted by molar-refractivity contribution is 8.01. The van der Waals surface area contributed by atoms with E-state index in [1.54, 1.807) is 4.90 Å². The summed E-state index contributed by atoms with van der Waals surface area (Å²) < 4.78 is 6.18. The molecule has 9 nitrogen and oxygen atoms in total. The fourth-order valence-electron chi connectivity index (χ4n) is 5.54. The van der Waals surface area contributed by atoms with Gasteiger partial charge in [0.2, 0.25) is 11.0 Å². The average molecular weight is 615 g/mol. The first-order valence-electron chi connectivity index (χ1n) is 14.0. The van der Waals surface area contributed by atoms with E-state index >= 15 is 0 Å². The smallest absolute Gasteiger partial charge is 0.234 e. The molecule has 2 aromatic carbocycles. The van der Waals surface area contributed by atoms with Crippen molar-refractivity contribution in [3.8, 4) is 11.8 Å². The molecule has 0 fully saturated rings. The number of benzene rings is 2. The molecule has 0 saturated heterocycles. The molecule has 1 aliphatic carbocycles. The van der Waals surface area contributed by atoms with Crippen LogP contribution in [0.25, 0.3) is 0 Å². The van der Waals surface area contributed by atoms with Crippen LogP contribution in [0, 0.1) is 30.6 Å². The van der Waals surface area contributed by atoms with Crippen molar-refractivity contribution < 1.29 is 14.3 Å². The van der Waals surface area contributed by atoms with E-state index in [0.717, 1.165) is 28.1 Å². The number of thioether (sulfide) groups is 1. The highest BCUT2D eigenvalue weighted by atomic mass is 32.2. The van der Waals surface area contributed by atoms with Crippen LogP contribution in [0.5, 0.6) is 5.75 Å². The molecule has 1 unspecified atom stereocenters. The minimum Gasteiger partial charge on any atom is -0.494 e. The van der Waals surface area contributed by atoms with Crippen molar-refractivity contribution in [1.29, 1.82) is 5.26 Å². The monoisotopic (exact) mass is 614 g/mol. The largest absolute Gasteiger partial charge is 0.494 e. The van der Waals surface area contributed by atoms with Crippen LogP contribution >= 0.6 is 23.1 Å². The number of aryl methyl sites for hydroxylation is 1. The summed E-state index contributed by atoms with van der Waals surface area (Å²) >= 11 is 2.54. The minimum absolute atomic E-state index is 0.0161. The SMILES string of the molecule is CCOc1ccc(C2C(C#N)=C(N)N(c3nnc(SCC(=O)Nc4cccc(C)c4C)s3)C3=C2C(=O)CC(C)(C)C3)cc1. The summed E-state index contributed by atoms with van der Waals surface area (Å²) in [5.74, 6) is 0.332. The second-order valence-electron chi connectivity index (χ2n) is 11.4. The Balaban J connectivity index is 1.45. The summed E-state index contributed by atoms with van der Waals surface area (Å²) in [5, 5.41) is 22.5. The van der Waals surface area contributed by atoms with Gasteiger partial charge in [-0.1, -0.05) is 61.2 Å². The molecule has 2 aliphatic rings. The lowest BCUT2D eigenvalue weighted by molar-refractivity contribution is -0.118. The number of anilines is 2. The van der Waals surface area contributed by atoms with Crippen molar-refractivity contribution >= 4 is 45.6 Å². The fraction of sp³-hybridized carbons (Fsp3) is 0.344. The Morgan fingerprint density at radius 2 is 1.95 bits per heavy atom. The third kappa shape index (κ3) is 6.17. The van der Waals surface area contributed by atoms with Gasteiger partial charge in [0.25, 0.3) is 0 Å². The zero-order chi connectivity index (χ0) is 30.9. The molecular formula is C32H34N6O3S2. The number of hydrogen-bond acceptors (Lipinski definition) is 10. The normalized spacial score (nSPS) is 17.9. The number of carbonyl (C=O) groups is 2. The van der Waals surface area contributed by atoms with E-state index < -0.39 is 5.92 Å². The molecule has 1 amide bonds. The molecule has 0 spiro atoms. The van der Waals surface area contributed by atoms with Gasteiger partial charge in [0.1, 0.15) is 11.6 Å². The van der Waals surface area contributed by atoms with Crippen LogP contribution in [0.2, 0.25) is 0 Å². The Hall–Kier alpha value is -4.14. The summed E-state index contributed by atoms with van der Waals surface area (Å²) in [4.78, 5) is 28.2. The number of ketones is 1. The molecule has 0 bridgehead atoms. The number of nitrogens with one attached hydrogen (secondary N) is 1. The zero-order valence-electron chi connectivity index (χ0n) is 24.9. The van der Waals surface area contributed by atoms with Crippen LogP contribution in [-0.2, 0) is 9.59 Å². The number of aromatic nitrogens is 2. The van der Waals surface area contributed by atoms with Crippen molar-refractivity contribution in [2.24, 2.45) is 11.1 Å². The second-order valence-corrected chi connectivity index (χ2v) is 13.6. The standard InChI is InChI=1S/C32H34N6O3S2/c1-6-41-21-12-10-20(11-13-21)27-22(16-33)29(34)38(24-14-32(4,5)15-25(39)28(24)27)30-36-37-31(43-30)42-17-26(40)35-23-9-7-8-18(2)19(23)3/h7-13,27H,6,14-15,17,34H2,1-5H3,(H,35,40). The van der Waals surface area contributed by atoms with Crippen LogP contribution in [0.1, 0.15) is 56.2 Å². The Kier molecular flexibility index (Phi) is 8.62. The van der Waals surface area contributed by atoms with Gasteiger partial charge in [0.15, 0.2) is 10.1 Å². The number of carbonyl (C=O) groups excluding carboxylic acids is 2. The number of ether oxygens (including phenoxy) is 1. The van der Waals surface area contributed by atoms with Gasteiger partial charge in [-0.15, -0.1) is 10.2 Å². The van der Waals surface area contributed by atoms with Crippen LogP contribution < -0.4 is 20.7 Å². The molecule has 1 aliphatic heterocycles. The molecule has 3 N–H and O–H groups in total. The topological polar surface area (TPSA) is 134 Å². The highest BCUT2D eigenvalue weighted by Crippen LogP contribution is 2.50. The van der Waals surface area contributed by atoms with E-state index in [-0.39, 0.29) is 34.3 Å². The Bertz CT molecular complexity index is 1680. The Labute approximate surface area is 259 Å². The summed E-state index contributed by atoms with van der Waals surface area (Å²) in [5.41, 5.74) is 11.7. The number of rotatable bonds is 8. The van der Waals surface area contributed by atoms with Gasteiger partial charge in [-0.05, 0) is 67.5 Å². The first kappa shape index (κ1) is 30.3. The van der Waals surface area contributed by atoms with E-state index in [1.165, 1.54) is 23.1 Å². The molecule has 1 atom stereocenters. The maximum Gasteiger partial charge on any atom is 0.234 e. The Morgan fingerprint density at radius 1 is 1.21 bits per heavy atom. The second kappa shape index (κ2) is 12.2. The minimum atomic E-state index is -0.592. The number of allylic oxidation sites excluding steroid dienone is 3. The molecule has 0 saturated carbocycles. The van der Waals surface area contributed by atoms with Crippen molar-refractivity contribution in [3.05, 3.63) is 81.8 Å². The number of amides is 1. The van der Waals surface area contributed by atoms with Gasteiger partial charge in [0, 0.05) is 23.4 Å². The van der Waals surface area contributed by atoms with Gasteiger partial charge in [-0.3, -0.25) is 14.5 Å². The predicted octanol–water partition coefficient (Wildman–Crippen LogP) is 6.23. The number of nitriles is 1. The van der Waals surface area contributed by atoms with E-state index in [1.807, 2.05) is 77.1 Å². The number of nitrogens with two attached hydrogens (primary N) is 1. The van der Waals surface area contributed by atoms with Crippen molar-refractivity contribution in [1.82, 2.24) is 10.2 Å². The van der Waals surface area contributed by atoms with Gasteiger partial charge < -0.3 is 15.8 Å². The number of hydrogen-bond donors (Lipinski definition) is 2. The van der Waals surface area contributed by atoms with E-state index in [4.69, 9.17) is 10.5 Å². The summed E-state index contributed by atoms with van der Waals surface area (Å²) in [6.45, 7) is 10.5. The zero-order valence-corrected chi connectivity index (χ0v) is 26.5. The Morgan fingerprint density at radius 3 is 2.65 bits per heavy atom. The maximum absolute atomic E-state index is 13.8. The third-order valence-corrected chi connectivity index (χ3v) is 9.74. The van der Waals surface area contributed by atoms with Gasteiger partial charge in [-0.25, -0.2) is 0 Å². The van der Waals surface area contributed by atoms with Crippen molar-refractivity contribution in [2.75, 3.05) is 22.6 Å². The van der Waals surface area contributed by atoms with Crippen molar-refractivity contribution in [3.63, 3.8) is 0 Å². The summed E-state index contributed by atoms with van der Waals surface area (Å²) in [6, 6.07) is 15.5. The molecule has 3 aromatic rings. The van der Waals surface area contributed by atoms with Crippen LogP contribution in [0.3, 0.4) is 0 Å². The predicted molar refractivity (Wildman–Crippen MR) is 170 cm³/mol. The molecule has 11 heteroatoms. The van der Waals surface area contributed by atoms with Gasteiger partial charge >= 0.3 is 0 Å². The van der Waals surface area contributed by atoms with Crippen LogP contribution in [0.4, 0.5) is 10.8 Å². The van der Waals surface area contributed by atoms with Crippen LogP contribution in [-0.4, -0.2) is 34.2 Å². The first-order valence-corrected chi connectivity index (χ1v) is 15.8. The fourth-order valence-corrected chi connectivity index (χ4v) is 7.22. The summed E-state index contributed by atoms with van der Waals surface area (Å²) in [6.07, 6.45) is 0.930. The molecular weight excluding hydrogens is 581 g/mol. The number of nitrogens with zero attached hydrogens (tertiary/aromatic N) is 4. The van der Waals surface area contributed by atoms with E-state index in [2.05, 4.69) is 21.6 Å². The summed E-state index contributed by atoms with van der Waals surface area (Å²) in [7, 11) is 0. The average Bonchev–Trinajstić information content (AvgIpc) is 3.42. The van der Waals surface area contributed by atoms with E-state index in [9.17, 15) is 14.9 Å².